The number of carbonyl (C=O) groups is 1. The van der Waals surface area contributed by atoms with Crippen molar-refractivity contribution in [1.29, 1.82) is 0 Å². The Morgan fingerprint density at radius 2 is 1.73 bits per heavy atom. The lowest BCUT2D eigenvalue weighted by Crippen LogP contribution is -2.24. The molecule has 1 saturated carbocycles. The van der Waals surface area contributed by atoms with Gasteiger partial charge in [-0.05, 0) is 30.5 Å². The van der Waals surface area contributed by atoms with Crippen LogP contribution in [0.2, 0.25) is 0 Å². The summed E-state index contributed by atoms with van der Waals surface area (Å²) in [5, 5.41) is 0. The van der Waals surface area contributed by atoms with Gasteiger partial charge in [-0.2, -0.15) is 0 Å². The molecule has 0 radical (unpaired) electrons. The van der Waals surface area contributed by atoms with E-state index in [0.29, 0.717) is 16.9 Å². The maximum Gasteiger partial charge on any atom is 0.316 e. The smallest absolute Gasteiger partial charge is 0.316 e. The first-order valence-electron chi connectivity index (χ1n) is 10.0. The van der Waals surface area contributed by atoms with Crippen molar-refractivity contribution in [1.82, 2.24) is 0 Å². The van der Waals surface area contributed by atoms with Crippen LogP contribution in [0.3, 0.4) is 0 Å². The highest BCUT2D eigenvalue weighted by molar-refractivity contribution is 5.86. The first-order valence-corrected chi connectivity index (χ1v) is 10.0. The molecule has 0 aromatic heterocycles. The lowest BCUT2D eigenvalue weighted by Gasteiger charge is -2.28. The van der Waals surface area contributed by atoms with Crippen LogP contribution >= 0.6 is 0 Å². The Bertz CT molecular complexity index is 1060. The van der Waals surface area contributed by atoms with Crippen molar-refractivity contribution < 1.29 is 23.4 Å². The Morgan fingerprint density at radius 3 is 2.43 bits per heavy atom. The van der Waals surface area contributed by atoms with Crippen molar-refractivity contribution in [2.24, 2.45) is 0 Å². The Balaban J connectivity index is 1.36. The van der Waals surface area contributed by atoms with E-state index >= 15 is 0 Å². The van der Waals surface area contributed by atoms with E-state index in [4.69, 9.17) is 14.2 Å². The van der Waals surface area contributed by atoms with Crippen LogP contribution in [-0.4, -0.2) is 5.97 Å². The molecular formula is C25H21FO4. The molecule has 1 aliphatic heterocycles. The van der Waals surface area contributed by atoms with E-state index in [1.807, 2.05) is 60.7 Å². The molecule has 0 bridgehead atoms. The van der Waals surface area contributed by atoms with Gasteiger partial charge in [0.05, 0.1) is 12.0 Å². The second-order valence-corrected chi connectivity index (χ2v) is 7.75. The molecule has 30 heavy (non-hydrogen) atoms. The van der Waals surface area contributed by atoms with Crippen LogP contribution in [-0.2, 0) is 32.9 Å². The molecule has 1 aliphatic carbocycles. The van der Waals surface area contributed by atoms with Gasteiger partial charge in [0.15, 0.2) is 0 Å². The summed E-state index contributed by atoms with van der Waals surface area (Å²) < 4.78 is 31.6. The van der Waals surface area contributed by atoms with Crippen LogP contribution in [0.5, 0.6) is 5.75 Å². The molecule has 4 nitrogen and oxygen atoms in total. The Kier molecular flexibility index (Phi) is 4.75. The minimum atomic E-state index is -0.585. The molecule has 0 saturated heterocycles. The van der Waals surface area contributed by atoms with Gasteiger partial charge in [0, 0.05) is 16.7 Å². The van der Waals surface area contributed by atoms with Gasteiger partial charge in [0.1, 0.15) is 18.2 Å². The van der Waals surface area contributed by atoms with E-state index in [9.17, 15) is 9.18 Å². The maximum atomic E-state index is 14.2. The molecular weight excluding hydrogens is 383 g/mol. The molecule has 0 spiro atoms. The number of carbonyl (C=O) groups excluding carboxylic acids is 1. The van der Waals surface area contributed by atoms with E-state index in [2.05, 4.69) is 0 Å². The fraction of sp³-hybridized carbons (Fsp3) is 0.240. The van der Waals surface area contributed by atoms with Gasteiger partial charge in [-0.25, -0.2) is 4.39 Å². The van der Waals surface area contributed by atoms with Crippen LogP contribution in [0.4, 0.5) is 4.39 Å². The summed E-state index contributed by atoms with van der Waals surface area (Å²) in [4.78, 5) is 12.9. The van der Waals surface area contributed by atoms with Gasteiger partial charge >= 0.3 is 5.97 Å². The highest BCUT2D eigenvalue weighted by Crippen LogP contribution is 2.49. The molecule has 0 N–H and O–H groups in total. The predicted molar refractivity (Wildman–Crippen MR) is 108 cm³/mol. The van der Waals surface area contributed by atoms with E-state index in [0.717, 1.165) is 24.0 Å². The van der Waals surface area contributed by atoms with Crippen molar-refractivity contribution >= 4 is 5.97 Å². The number of halogens is 1. The fourth-order valence-corrected chi connectivity index (χ4v) is 3.93. The quantitative estimate of drug-likeness (QED) is 0.548. The monoisotopic (exact) mass is 404 g/mol. The summed E-state index contributed by atoms with van der Waals surface area (Å²) in [5.74, 6) is -0.165. The lowest BCUT2D eigenvalue weighted by atomic mass is 9.96. The summed E-state index contributed by atoms with van der Waals surface area (Å²) in [6.07, 6.45) is 0.937. The zero-order valence-electron chi connectivity index (χ0n) is 16.3. The summed E-state index contributed by atoms with van der Waals surface area (Å²) in [6.45, 7) is 0.177. The van der Waals surface area contributed by atoms with Crippen LogP contribution in [0.1, 0.15) is 41.4 Å². The third-order valence-electron chi connectivity index (χ3n) is 5.72. The minimum Gasteiger partial charge on any atom is -0.460 e. The van der Waals surface area contributed by atoms with Crippen LogP contribution in [0, 0.1) is 5.82 Å². The third kappa shape index (κ3) is 3.46. The Hall–Kier alpha value is -3.18. The number of rotatable bonds is 5. The molecule has 0 unspecified atom stereocenters. The molecule has 2 aliphatic rings. The number of hydrogen-bond donors (Lipinski definition) is 0. The number of hydrogen-bond acceptors (Lipinski definition) is 4. The average molecular weight is 404 g/mol. The predicted octanol–water partition coefficient (Wildman–Crippen LogP) is 5.21. The zero-order chi connectivity index (χ0) is 20.6. The Labute approximate surface area is 174 Å². The van der Waals surface area contributed by atoms with Gasteiger partial charge in [-0.1, -0.05) is 60.7 Å². The van der Waals surface area contributed by atoms with Gasteiger partial charge < -0.3 is 14.2 Å². The summed E-state index contributed by atoms with van der Waals surface area (Å²) in [6, 6.07) is 22.0. The number of esters is 1. The van der Waals surface area contributed by atoms with E-state index in [1.165, 1.54) is 12.1 Å². The molecule has 1 heterocycles. The van der Waals surface area contributed by atoms with Crippen LogP contribution < -0.4 is 4.74 Å². The van der Waals surface area contributed by atoms with Crippen LogP contribution in [0.15, 0.2) is 72.8 Å². The number of ether oxygens (including phenoxy) is 3. The van der Waals surface area contributed by atoms with E-state index in [-0.39, 0.29) is 19.2 Å². The standard InChI is InChI=1S/C25H21FO4/c26-21-13-18-15-28-23(17-7-3-1-4-8-17)30-22(18)19(14-21)16-29-24(27)25(11-12-25)20-9-5-2-6-10-20/h1-10,13-14,23H,11-12,15-16H2/t23-/m0/s1. The van der Waals surface area contributed by atoms with Crippen LogP contribution in [0.25, 0.3) is 0 Å². The maximum absolute atomic E-state index is 14.2. The highest BCUT2D eigenvalue weighted by Gasteiger charge is 2.52. The Morgan fingerprint density at radius 1 is 1.03 bits per heavy atom. The SMILES string of the molecule is O=C(OCc1cc(F)cc2c1O[C@@H](c1ccccc1)OC2)C1(c2ccccc2)CC1. The van der Waals surface area contributed by atoms with Gasteiger partial charge in [-0.3, -0.25) is 4.79 Å². The van der Waals surface area contributed by atoms with Gasteiger partial charge in [0.2, 0.25) is 6.29 Å². The second kappa shape index (κ2) is 7.58. The first kappa shape index (κ1) is 18.8. The van der Waals surface area contributed by atoms with Crippen molar-refractivity contribution in [3.8, 4) is 5.75 Å². The summed E-state index contributed by atoms with van der Waals surface area (Å²) in [7, 11) is 0. The molecule has 3 aromatic rings. The summed E-state index contributed by atoms with van der Waals surface area (Å²) in [5.41, 5.74) is 2.37. The molecule has 1 atom stereocenters. The molecule has 3 aromatic carbocycles. The van der Waals surface area contributed by atoms with Crippen molar-refractivity contribution in [2.75, 3.05) is 0 Å². The largest absolute Gasteiger partial charge is 0.460 e. The number of benzene rings is 3. The normalized spacial score (nSPS) is 18.8. The molecule has 1 fully saturated rings. The second-order valence-electron chi connectivity index (χ2n) is 7.75. The zero-order valence-corrected chi connectivity index (χ0v) is 16.3. The average Bonchev–Trinajstić information content (AvgIpc) is 3.60. The van der Waals surface area contributed by atoms with Crippen molar-refractivity contribution in [2.45, 2.75) is 37.8 Å². The highest BCUT2D eigenvalue weighted by atomic mass is 19.1. The molecule has 5 rings (SSSR count). The molecule has 0 amide bonds. The lowest BCUT2D eigenvalue weighted by molar-refractivity contribution is -0.148. The molecule has 5 heteroatoms. The van der Waals surface area contributed by atoms with Gasteiger partial charge in [-0.15, -0.1) is 0 Å². The van der Waals surface area contributed by atoms with Crippen molar-refractivity contribution in [3.05, 3.63) is 101 Å². The molecule has 152 valence electrons. The van der Waals surface area contributed by atoms with E-state index in [1.54, 1.807) is 0 Å². The van der Waals surface area contributed by atoms with Gasteiger partial charge in [0.25, 0.3) is 0 Å². The van der Waals surface area contributed by atoms with Crippen molar-refractivity contribution in [3.63, 3.8) is 0 Å². The number of fused-ring (bicyclic) bond motifs is 1. The topological polar surface area (TPSA) is 44.8 Å². The van der Waals surface area contributed by atoms with E-state index < -0.39 is 17.5 Å². The third-order valence-corrected chi connectivity index (χ3v) is 5.72. The first-order chi connectivity index (χ1) is 14.7. The fourth-order valence-electron chi connectivity index (χ4n) is 3.93. The minimum absolute atomic E-state index is 0.0466. The summed E-state index contributed by atoms with van der Waals surface area (Å²) >= 11 is 0.